The number of aromatic nitrogens is 1. The van der Waals surface area contributed by atoms with E-state index in [2.05, 4.69) is 47.0 Å². The lowest BCUT2D eigenvalue weighted by Crippen LogP contribution is -2.48. The Labute approximate surface area is 153 Å². The maximum Gasteiger partial charge on any atom is 0.125 e. The fourth-order valence-corrected chi connectivity index (χ4v) is 5.61. The molecule has 2 aromatic rings. The second kappa shape index (κ2) is 6.36. The van der Waals surface area contributed by atoms with Gasteiger partial charge >= 0.3 is 0 Å². The molecule has 0 bridgehead atoms. The van der Waals surface area contributed by atoms with Crippen molar-refractivity contribution in [3.63, 3.8) is 0 Å². The number of halogens is 1. The summed E-state index contributed by atoms with van der Waals surface area (Å²) in [6.45, 7) is 9.81. The second-order valence-corrected chi connectivity index (χ2v) is 9.04. The average molecular weight is 360 g/mol. The maximum atomic E-state index is 13.8. The lowest BCUT2D eigenvalue weighted by atomic mass is 9.90. The number of piperidine rings is 1. The molecule has 25 heavy (non-hydrogen) atoms. The van der Waals surface area contributed by atoms with Crippen LogP contribution in [0.4, 0.5) is 10.1 Å². The predicted molar refractivity (Wildman–Crippen MR) is 102 cm³/mol. The number of nitrogens with zero attached hydrogens (tertiary/aromatic N) is 3. The summed E-state index contributed by atoms with van der Waals surface area (Å²) in [5.41, 5.74) is 2.22. The monoisotopic (exact) mass is 359 g/mol. The highest BCUT2D eigenvalue weighted by atomic mass is 32.1. The van der Waals surface area contributed by atoms with Gasteiger partial charge in [0.15, 0.2) is 0 Å². The van der Waals surface area contributed by atoms with Gasteiger partial charge in [-0.3, -0.25) is 4.90 Å². The van der Waals surface area contributed by atoms with Gasteiger partial charge in [-0.2, -0.15) is 0 Å². The number of hydrogen-bond acceptors (Lipinski definition) is 4. The van der Waals surface area contributed by atoms with E-state index in [1.807, 2.05) is 6.07 Å². The molecular formula is C20H26FN3S. The fourth-order valence-electron chi connectivity index (χ4n) is 4.80. The van der Waals surface area contributed by atoms with Gasteiger partial charge in [0.05, 0.1) is 6.54 Å². The van der Waals surface area contributed by atoms with Gasteiger partial charge in [0, 0.05) is 41.4 Å². The first-order chi connectivity index (χ1) is 11.9. The number of fused-ring (bicyclic) bond motifs is 1. The minimum absolute atomic E-state index is 0.0664. The summed E-state index contributed by atoms with van der Waals surface area (Å²) in [4.78, 5) is 9.64. The molecule has 1 aromatic heterocycles. The van der Waals surface area contributed by atoms with Crippen molar-refractivity contribution in [2.45, 2.75) is 51.7 Å². The van der Waals surface area contributed by atoms with Crippen LogP contribution in [0.3, 0.4) is 0 Å². The summed E-state index contributed by atoms with van der Waals surface area (Å²) < 4.78 is 13.8. The standard InChI is InChI=1S/C20H26FN3S/c1-14-13-25-19(22-14)12-23-8-7-18-15(11-23)10-20(2,3)24(18)17-6-4-5-16(21)9-17/h4-6,9,13,15,18H,7-8,10-12H2,1-3H3/t15-,18+/m1/s1. The highest BCUT2D eigenvalue weighted by molar-refractivity contribution is 7.09. The number of rotatable bonds is 3. The van der Waals surface area contributed by atoms with E-state index in [9.17, 15) is 4.39 Å². The molecule has 134 valence electrons. The Kier molecular flexibility index (Phi) is 4.32. The molecule has 4 rings (SSSR count). The molecule has 0 aliphatic carbocycles. The fraction of sp³-hybridized carbons (Fsp3) is 0.550. The van der Waals surface area contributed by atoms with Crippen LogP contribution in [0, 0.1) is 18.7 Å². The van der Waals surface area contributed by atoms with Gasteiger partial charge < -0.3 is 4.90 Å². The van der Waals surface area contributed by atoms with E-state index >= 15 is 0 Å². The van der Waals surface area contributed by atoms with Crippen LogP contribution in [0.1, 0.15) is 37.4 Å². The van der Waals surface area contributed by atoms with Gasteiger partial charge in [0.1, 0.15) is 10.8 Å². The van der Waals surface area contributed by atoms with E-state index < -0.39 is 0 Å². The average Bonchev–Trinajstić information content (AvgIpc) is 3.05. The smallest absolute Gasteiger partial charge is 0.125 e. The molecule has 5 heteroatoms. The van der Waals surface area contributed by atoms with E-state index in [1.54, 1.807) is 17.4 Å². The summed E-state index contributed by atoms with van der Waals surface area (Å²) in [6.07, 6.45) is 2.29. The van der Waals surface area contributed by atoms with Crippen molar-refractivity contribution < 1.29 is 4.39 Å². The molecule has 0 N–H and O–H groups in total. The largest absolute Gasteiger partial charge is 0.363 e. The molecule has 2 fully saturated rings. The lowest BCUT2D eigenvalue weighted by Gasteiger charge is -2.41. The molecule has 0 unspecified atom stereocenters. The topological polar surface area (TPSA) is 19.4 Å². The number of likely N-dealkylation sites (tertiary alicyclic amines) is 1. The number of anilines is 1. The van der Waals surface area contributed by atoms with Crippen molar-refractivity contribution in [1.29, 1.82) is 0 Å². The van der Waals surface area contributed by atoms with E-state index in [-0.39, 0.29) is 11.4 Å². The molecule has 2 aliphatic heterocycles. The summed E-state index contributed by atoms with van der Waals surface area (Å²) in [5.74, 6) is 0.487. The third-order valence-electron chi connectivity index (χ3n) is 5.64. The third kappa shape index (κ3) is 3.32. The van der Waals surface area contributed by atoms with Crippen molar-refractivity contribution in [3.05, 3.63) is 46.2 Å². The molecule has 0 spiro atoms. The van der Waals surface area contributed by atoms with Crippen LogP contribution >= 0.6 is 11.3 Å². The molecule has 2 atom stereocenters. The first-order valence-electron chi connectivity index (χ1n) is 9.11. The Bertz CT molecular complexity index is 757. The molecule has 1 aromatic carbocycles. The van der Waals surface area contributed by atoms with Crippen LogP contribution < -0.4 is 4.90 Å². The second-order valence-electron chi connectivity index (χ2n) is 8.10. The minimum Gasteiger partial charge on any atom is -0.363 e. The van der Waals surface area contributed by atoms with E-state index in [1.165, 1.54) is 11.1 Å². The predicted octanol–water partition coefficient (Wildman–Crippen LogP) is 4.47. The molecule has 3 nitrogen and oxygen atoms in total. The van der Waals surface area contributed by atoms with Crippen LogP contribution in [0.2, 0.25) is 0 Å². The van der Waals surface area contributed by atoms with Crippen molar-refractivity contribution >= 4 is 17.0 Å². The highest BCUT2D eigenvalue weighted by Gasteiger charge is 2.48. The van der Waals surface area contributed by atoms with Crippen molar-refractivity contribution in [1.82, 2.24) is 9.88 Å². The molecule has 2 aliphatic rings. The number of hydrogen-bond donors (Lipinski definition) is 0. The summed E-state index contributed by atoms with van der Waals surface area (Å²) in [5, 5.41) is 3.35. The lowest BCUT2D eigenvalue weighted by molar-refractivity contribution is 0.161. The number of thiazole rings is 1. The van der Waals surface area contributed by atoms with Crippen LogP contribution in [0.15, 0.2) is 29.6 Å². The SMILES string of the molecule is Cc1csc(CN2CC[C@H]3[C@@H](C2)CC(C)(C)N3c2cccc(F)c2)n1. The Hall–Kier alpha value is -1.46. The van der Waals surface area contributed by atoms with E-state index in [4.69, 9.17) is 0 Å². The Morgan fingerprint density at radius 3 is 2.92 bits per heavy atom. The van der Waals surface area contributed by atoms with Crippen molar-refractivity contribution in [3.8, 4) is 0 Å². The zero-order chi connectivity index (χ0) is 17.6. The van der Waals surface area contributed by atoms with Gasteiger partial charge in [-0.25, -0.2) is 9.37 Å². The van der Waals surface area contributed by atoms with Crippen LogP contribution in [-0.4, -0.2) is 34.6 Å². The van der Waals surface area contributed by atoms with Crippen LogP contribution in [0.25, 0.3) is 0 Å². The van der Waals surface area contributed by atoms with Gasteiger partial charge in [-0.1, -0.05) is 6.07 Å². The zero-order valence-corrected chi connectivity index (χ0v) is 16.0. The minimum atomic E-state index is -0.145. The van der Waals surface area contributed by atoms with E-state index in [0.717, 1.165) is 43.9 Å². The maximum absolute atomic E-state index is 13.8. The van der Waals surface area contributed by atoms with Crippen molar-refractivity contribution in [2.24, 2.45) is 5.92 Å². The quantitative estimate of drug-likeness (QED) is 0.806. The Morgan fingerprint density at radius 2 is 2.20 bits per heavy atom. The summed E-state index contributed by atoms with van der Waals surface area (Å²) in [6, 6.07) is 7.61. The summed E-state index contributed by atoms with van der Waals surface area (Å²) in [7, 11) is 0. The molecule has 0 amide bonds. The first-order valence-corrected chi connectivity index (χ1v) is 9.98. The van der Waals surface area contributed by atoms with Crippen LogP contribution in [-0.2, 0) is 6.54 Å². The van der Waals surface area contributed by atoms with E-state index in [0.29, 0.717) is 12.0 Å². The third-order valence-corrected chi connectivity index (χ3v) is 6.59. The number of aryl methyl sites for hydroxylation is 1. The van der Waals surface area contributed by atoms with Crippen molar-refractivity contribution in [2.75, 3.05) is 18.0 Å². The Balaban J connectivity index is 1.51. The Morgan fingerprint density at radius 1 is 1.36 bits per heavy atom. The molecule has 0 radical (unpaired) electrons. The van der Waals surface area contributed by atoms with Gasteiger partial charge in [-0.05, 0) is 57.7 Å². The molecule has 0 saturated carbocycles. The van der Waals surface area contributed by atoms with Gasteiger partial charge in [0.2, 0.25) is 0 Å². The number of benzene rings is 1. The summed E-state index contributed by atoms with van der Waals surface area (Å²) >= 11 is 1.76. The van der Waals surface area contributed by atoms with Crippen LogP contribution in [0.5, 0.6) is 0 Å². The van der Waals surface area contributed by atoms with Gasteiger partial charge in [-0.15, -0.1) is 11.3 Å². The first kappa shape index (κ1) is 17.0. The molecular weight excluding hydrogens is 333 g/mol. The zero-order valence-electron chi connectivity index (χ0n) is 15.2. The normalized spacial score (nSPS) is 26.0. The highest BCUT2D eigenvalue weighted by Crippen LogP contribution is 2.44. The molecule has 3 heterocycles. The van der Waals surface area contributed by atoms with Gasteiger partial charge in [0.25, 0.3) is 0 Å². The molecule has 2 saturated heterocycles.